The minimum Gasteiger partial charge on any atom is -0.497 e. The Balaban J connectivity index is 1.64. The predicted molar refractivity (Wildman–Crippen MR) is 151 cm³/mol. The van der Waals surface area contributed by atoms with Crippen molar-refractivity contribution in [3.63, 3.8) is 0 Å². The first-order valence-electron chi connectivity index (χ1n) is 12.2. The summed E-state index contributed by atoms with van der Waals surface area (Å²) >= 11 is 6.05. The molecule has 3 amide bonds. The molecule has 0 atom stereocenters. The van der Waals surface area contributed by atoms with Gasteiger partial charge in [0.05, 0.1) is 18.5 Å². The fraction of sp³-hybridized carbons (Fsp3) is 0.207. The summed E-state index contributed by atoms with van der Waals surface area (Å²) in [7, 11) is 1.61. The zero-order valence-electron chi connectivity index (χ0n) is 21.7. The van der Waals surface area contributed by atoms with Crippen LogP contribution in [0.4, 0.5) is 16.3 Å². The van der Waals surface area contributed by atoms with Crippen molar-refractivity contribution in [1.29, 1.82) is 0 Å². The summed E-state index contributed by atoms with van der Waals surface area (Å²) in [6.07, 6.45) is 0. The molecule has 0 spiro atoms. The van der Waals surface area contributed by atoms with Gasteiger partial charge in [-0.25, -0.2) is 9.48 Å². The zero-order chi connectivity index (χ0) is 27.2. The number of halogens is 1. The van der Waals surface area contributed by atoms with Crippen molar-refractivity contribution in [2.24, 2.45) is 0 Å². The van der Waals surface area contributed by atoms with Crippen LogP contribution in [0.2, 0.25) is 5.02 Å². The van der Waals surface area contributed by atoms with Crippen molar-refractivity contribution in [2.45, 2.75) is 26.8 Å². The lowest BCUT2D eigenvalue weighted by atomic mass is 10.1. The summed E-state index contributed by atoms with van der Waals surface area (Å²) in [5.74, 6) is 0.874. The number of urea groups is 1. The predicted octanol–water partition coefficient (Wildman–Crippen LogP) is 6.39. The number of nitrogens with zero attached hydrogens (tertiary/aromatic N) is 3. The number of nitrogens with one attached hydrogen (secondary N) is 2. The number of amides is 3. The Morgan fingerprint density at radius 1 is 1.00 bits per heavy atom. The lowest BCUT2D eigenvalue weighted by Crippen LogP contribution is -2.44. The normalized spacial score (nSPS) is 10.8. The number of rotatable bonds is 8. The van der Waals surface area contributed by atoms with Crippen molar-refractivity contribution in [2.75, 3.05) is 24.3 Å². The molecule has 0 fully saturated rings. The van der Waals surface area contributed by atoms with E-state index in [4.69, 9.17) is 21.4 Å². The molecule has 4 aromatic rings. The Kier molecular flexibility index (Phi) is 8.33. The number of carbonyl (C=O) groups excluding carboxylic acids is 2. The molecule has 1 aromatic heterocycles. The van der Waals surface area contributed by atoms with Crippen molar-refractivity contribution in [3.8, 4) is 22.6 Å². The summed E-state index contributed by atoms with van der Waals surface area (Å²) in [5, 5.41) is 11.1. The highest BCUT2D eigenvalue weighted by atomic mass is 35.5. The zero-order valence-corrected chi connectivity index (χ0v) is 22.5. The number of hydrogen-bond donors (Lipinski definition) is 2. The molecule has 4 rings (SSSR count). The van der Waals surface area contributed by atoms with E-state index < -0.39 is 6.03 Å². The first kappa shape index (κ1) is 26.8. The number of anilines is 2. The van der Waals surface area contributed by atoms with Gasteiger partial charge in [-0.1, -0.05) is 48.0 Å². The molecule has 0 bridgehead atoms. The highest BCUT2D eigenvalue weighted by Crippen LogP contribution is 2.33. The van der Waals surface area contributed by atoms with Gasteiger partial charge in [-0.15, -0.1) is 0 Å². The molecule has 0 radical (unpaired) electrons. The maximum Gasteiger partial charge on any atom is 0.322 e. The van der Waals surface area contributed by atoms with Crippen LogP contribution in [-0.4, -0.2) is 46.3 Å². The first-order chi connectivity index (χ1) is 18.3. The molecule has 0 aliphatic heterocycles. The standard InChI is InChI=1S/C29H30ClN5O3/c1-19(2)34(29(37)31-23-12-8-11-22(30)17-23)18-26(36)32-28-27(21-9-6-5-7-10-21)20(3)33-35(28)24-13-15-25(38-4)16-14-24/h5-17,19H,18H2,1-4H3,(H,31,37)(H,32,36). The molecule has 38 heavy (non-hydrogen) atoms. The van der Waals surface area contributed by atoms with E-state index >= 15 is 0 Å². The van der Waals surface area contributed by atoms with Crippen LogP contribution in [0.15, 0.2) is 78.9 Å². The van der Waals surface area contributed by atoms with Crippen LogP contribution in [0.1, 0.15) is 19.5 Å². The second-order valence-electron chi connectivity index (χ2n) is 9.00. The number of methoxy groups -OCH3 is 1. The van der Waals surface area contributed by atoms with E-state index in [1.54, 1.807) is 36.1 Å². The highest BCUT2D eigenvalue weighted by molar-refractivity contribution is 6.30. The third-order valence-electron chi connectivity index (χ3n) is 5.97. The molecule has 8 nitrogen and oxygen atoms in total. The first-order valence-corrected chi connectivity index (χ1v) is 12.6. The Hall–Kier alpha value is -4.30. The van der Waals surface area contributed by atoms with E-state index in [9.17, 15) is 9.59 Å². The van der Waals surface area contributed by atoms with Gasteiger partial charge in [-0.2, -0.15) is 5.10 Å². The molecule has 0 saturated carbocycles. The van der Waals surface area contributed by atoms with Crippen molar-refractivity contribution < 1.29 is 14.3 Å². The molecule has 3 aromatic carbocycles. The van der Waals surface area contributed by atoms with Gasteiger partial charge in [-0.05, 0) is 68.8 Å². The van der Waals surface area contributed by atoms with Crippen LogP contribution in [-0.2, 0) is 4.79 Å². The number of aryl methyl sites for hydroxylation is 1. The van der Waals surface area contributed by atoms with E-state index in [1.165, 1.54) is 4.90 Å². The van der Waals surface area contributed by atoms with E-state index in [0.29, 0.717) is 22.3 Å². The molecule has 196 valence electrons. The minimum atomic E-state index is -0.402. The maximum absolute atomic E-state index is 13.4. The van der Waals surface area contributed by atoms with Crippen LogP contribution >= 0.6 is 11.6 Å². The molecule has 0 aliphatic carbocycles. The highest BCUT2D eigenvalue weighted by Gasteiger charge is 2.24. The Bertz CT molecular complexity index is 1420. The fourth-order valence-corrected chi connectivity index (χ4v) is 4.27. The van der Waals surface area contributed by atoms with Gasteiger partial charge < -0.3 is 20.3 Å². The summed E-state index contributed by atoms with van der Waals surface area (Å²) in [6, 6.07) is 23.4. The third-order valence-corrected chi connectivity index (χ3v) is 6.21. The Labute approximate surface area is 227 Å². The lowest BCUT2D eigenvalue weighted by molar-refractivity contribution is -0.117. The van der Waals surface area contributed by atoms with Gasteiger partial charge in [-0.3, -0.25) is 4.79 Å². The van der Waals surface area contributed by atoms with E-state index in [-0.39, 0.29) is 18.5 Å². The Morgan fingerprint density at radius 3 is 2.34 bits per heavy atom. The molecular weight excluding hydrogens is 502 g/mol. The largest absolute Gasteiger partial charge is 0.497 e. The van der Waals surface area contributed by atoms with Crippen molar-refractivity contribution >= 4 is 35.0 Å². The number of carbonyl (C=O) groups is 2. The van der Waals surface area contributed by atoms with Crippen LogP contribution in [0.5, 0.6) is 5.75 Å². The minimum absolute atomic E-state index is 0.162. The molecule has 9 heteroatoms. The average Bonchev–Trinajstić information content (AvgIpc) is 3.22. The summed E-state index contributed by atoms with van der Waals surface area (Å²) in [4.78, 5) is 27.9. The fourth-order valence-electron chi connectivity index (χ4n) is 4.08. The van der Waals surface area contributed by atoms with Crippen LogP contribution in [0.3, 0.4) is 0 Å². The maximum atomic E-state index is 13.4. The van der Waals surface area contributed by atoms with Crippen molar-refractivity contribution in [1.82, 2.24) is 14.7 Å². The molecule has 2 N–H and O–H groups in total. The quantitative estimate of drug-likeness (QED) is 0.276. The van der Waals surface area contributed by atoms with Crippen LogP contribution in [0.25, 0.3) is 16.8 Å². The second kappa shape index (κ2) is 11.8. The number of benzene rings is 3. The summed E-state index contributed by atoms with van der Waals surface area (Å²) in [5.41, 5.74) is 3.77. The van der Waals surface area contributed by atoms with Crippen LogP contribution < -0.4 is 15.4 Å². The van der Waals surface area contributed by atoms with E-state index in [2.05, 4.69) is 10.6 Å². The van der Waals surface area contributed by atoms with Gasteiger partial charge in [0.1, 0.15) is 18.1 Å². The molecule has 0 aliphatic rings. The molecular formula is C29H30ClN5O3. The smallest absolute Gasteiger partial charge is 0.322 e. The average molecular weight is 532 g/mol. The Morgan fingerprint density at radius 2 is 1.71 bits per heavy atom. The van der Waals surface area contributed by atoms with E-state index in [0.717, 1.165) is 22.5 Å². The topological polar surface area (TPSA) is 88.5 Å². The lowest BCUT2D eigenvalue weighted by Gasteiger charge is -2.26. The van der Waals surface area contributed by atoms with Gasteiger partial charge in [0.15, 0.2) is 0 Å². The van der Waals surface area contributed by atoms with Gasteiger partial charge in [0.2, 0.25) is 5.91 Å². The summed E-state index contributed by atoms with van der Waals surface area (Å²) < 4.78 is 6.98. The summed E-state index contributed by atoms with van der Waals surface area (Å²) in [6.45, 7) is 5.44. The van der Waals surface area contributed by atoms with Gasteiger partial charge in [0.25, 0.3) is 0 Å². The molecule has 0 unspecified atom stereocenters. The number of hydrogen-bond acceptors (Lipinski definition) is 4. The molecule has 1 heterocycles. The molecule has 0 saturated heterocycles. The number of aromatic nitrogens is 2. The SMILES string of the molecule is COc1ccc(-n2nc(C)c(-c3ccccc3)c2NC(=O)CN(C(=O)Nc2cccc(Cl)c2)C(C)C)cc1. The monoisotopic (exact) mass is 531 g/mol. The van der Waals surface area contributed by atoms with Gasteiger partial charge in [0, 0.05) is 22.3 Å². The van der Waals surface area contributed by atoms with Gasteiger partial charge >= 0.3 is 6.03 Å². The van der Waals surface area contributed by atoms with Crippen molar-refractivity contribution in [3.05, 3.63) is 89.6 Å². The second-order valence-corrected chi connectivity index (χ2v) is 9.43. The van der Waals surface area contributed by atoms with E-state index in [1.807, 2.05) is 75.4 Å². The number of ether oxygens (including phenoxy) is 1. The third kappa shape index (κ3) is 6.15. The van der Waals surface area contributed by atoms with Crippen LogP contribution in [0, 0.1) is 6.92 Å².